The Morgan fingerprint density at radius 1 is 0.923 bits per heavy atom. The summed E-state index contributed by atoms with van der Waals surface area (Å²) in [5.41, 5.74) is 5.93. The third-order valence-electron chi connectivity index (χ3n) is 4.25. The Hall–Kier alpha value is -3.21. The van der Waals surface area contributed by atoms with Gasteiger partial charge in [0, 0.05) is 18.3 Å². The van der Waals surface area contributed by atoms with Gasteiger partial charge in [0.15, 0.2) is 0 Å². The van der Waals surface area contributed by atoms with Crippen LogP contribution in [0.1, 0.15) is 32.7 Å². The van der Waals surface area contributed by atoms with Crippen LogP contribution in [0.25, 0.3) is 0 Å². The first-order valence-electron chi connectivity index (χ1n) is 8.51. The highest BCUT2D eigenvalue weighted by molar-refractivity contribution is 5.92. The topological polar surface area (TPSA) is 66.9 Å². The maximum absolute atomic E-state index is 12.4. The average molecular weight is 346 g/mol. The summed E-state index contributed by atoms with van der Waals surface area (Å²) >= 11 is 0. The van der Waals surface area contributed by atoms with Gasteiger partial charge in [-0.15, -0.1) is 0 Å². The summed E-state index contributed by atoms with van der Waals surface area (Å²) in [4.78, 5) is 20.6. The molecule has 0 aliphatic heterocycles. The van der Waals surface area contributed by atoms with E-state index in [1.165, 1.54) is 23.0 Å². The van der Waals surface area contributed by atoms with Crippen LogP contribution in [0.5, 0.6) is 0 Å². The molecule has 2 N–H and O–H groups in total. The van der Waals surface area contributed by atoms with Crippen LogP contribution in [-0.4, -0.2) is 15.9 Å². The molecule has 0 saturated heterocycles. The number of carbonyl (C=O) groups excluding carboxylic acids is 1. The molecule has 0 bridgehead atoms. The summed E-state index contributed by atoms with van der Waals surface area (Å²) < 4.78 is 0. The van der Waals surface area contributed by atoms with Crippen molar-refractivity contribution in [1.29, 1.82) is 0 Å². The van der Waals surface area contributed by atoms with Crippen LogP contribution in [0.3, 0.4) is 0 Å². The molecule has 0 radical (unpaired) electrons. The summed E-state index contributed by atoms with van der Waals surface area (Å²) in [6.45, 7) is 6.63. The molecule has 0 saturated carbocycles. The van der Waals surface area contributed by atoms with E-state index in [4.69, 9.17) is 0 Å². The van der Waals surface area contributed by atoms with Gasteiger partial charge in [0.25, 0.3) is 5.91 Å². The second-order valence-electron chi connectivity index (χ2n) is 6.38. The lowest BCUT2D eigenvalue weighted by Gasteiger charge is -2.09. The normalized spacial score (nSPS) is 10.4. The average Bonchev–Trinajstić information content (AvgIpc) is 2.64. The molecule has 26 heavy (non-hydrogen) atoms. The number of hydrogen-bond acceptors (Lipinski definition) is 4. The van der Waals surface area contributed by atoms with E-state index in [9.17, 15) is 4.79 Å². The Morgan fingerprint density at radius 3 is 2.42 bits per heavy atom. The molecular formula is C21H22N4O. The van der Waals surface area contributed by atoms with E-state index >= 15 is 0 Å². The number of benzene rings is 2. The van der Waals surface area contributed by atoms with Crippen LogP contribution in [-0.2, 0) is 6.54 Å². The zero-order valence-corrected chi connectivity index (χ0v) is 15.2. The summed E-state index contributed by atoms with van der Waals surface area (Å²) in [5, 5.41) is 6.10. The van der Waals surface area contributed by atoms with Crippen molar-refractivity contribution in [3.05, 3.63) is 82.8 Å². The fourth-order valence-electron chi connectivity index (χ4n) is 2.50. The van der Waals surface area contributed by atoms with Crippen LogP contribution < -0.4 is 10.6 Å². The molecule has 0 unspecified atom stereocenters. The molecule has 1 heterocycles. The molecule has 0 aliphatic rings. The van der Waals surface area contributed by atoms with E-state index in [1.807, 2.05) is 43.3 Å². The Balaban J connectivity index is 1.66. The van der Waals surface area contributed by atoms with Gasteiger partial charge in [-0.2, -0.15) is 0 Å². The molecule has 2 aromatic carbocycles. The summed E-state index contributed by atoms with van der Waals surface area (Å²) in [6, 6.07) is 15.8. The van der Waals surface area contributed by atoms with Gasteiger partial charge in [0.1, 0.15) is 17.8 Å². The number of aryl methyl sites for hydroxylation is 3. The van der Waals surface area contributed by atoms with Crippen molar-refractivity contribution in [2.75, 3.05) is 5.32 Å². The van der Waals surface area contributed by atoms with Crippen LogP contribution in [0.4, 0.5) is 11.5 Å². The van der Waals surface area contributed by atoms with E-state index in [2.05, 4.69) is 40.5 Å². The largest absolute Gasteiger partial charge is 0.347 e. The van der Waals surface area contributed by atoms with Crippen LogP contribution in [0, 0.1) is 20.8 Å². The molecular weight excluding hydrogens is 324 g/mol. The third kappa shape index (κ3) is 4.45. The molecule has 5 heteroatoms. The second-order valence-corrected chi connectivity index (χ2v) is 6.38. The summed E-state index contributed by atoms with van der Waals surface area (Å²) in [7, 11) is 0. The van der Waals surface area contributed by atoms with Gasteiger partial charge < -0.3 is 10.6 Å². The lowest BCUT2D eigenvalue weighted by molar-refractivity contribution is 0.0946. The Labute approximate surface area is 153 Å². The van der Waals surface area contributed by atoms with E-state index in [1.54, 1.807) is 6.07 Å². The molecule has 5 nitrogen and oxygen atoms in total. The maximum atomic E-state index is 12.4. The molecule has 132 valence electrons. The first kappa shape index (κ1) is 17.6. The smallest absolute Gasteiger partial charge is 0.270 e. The molecule has 1 amide bonds. The first-order valence-corrected chi connectivity index (χ1v) is 8.51. The monoisotopic (exact) mass is 346 g/mol. The zero-order valence-electron chi connectivity index (χ0n) is 15.2. The summed E-state index contributed by atoms with van der Waals surface area (Å²) in [5.74, 6) is 0.361. The van der Waals surface area contributed by atoms with Gasteiger partial charge in [-0.1, -0.05) is 35.9 Å². The number of carbonyl (C=O) groups is 1. The number of nitrogens with one attached hydrogen (secondary N) is 2. The molecule has 3 aromatic rings. The Kier molecular flexibility index (Phi) is 5.27. The van der Waals surface area contributed by atoms with E-state index in [0.717, 1.165) is 11.3 Å². The minimum Gasteiger partial charge on any atom is -0.347 e. The number of nitrogens with zero attached hydrogens (tertiary/aromatic N) is 2. The summed E-state index contributed by atoms with van der Waals surface area (Å²) in [6.07, 6.45) is 1.39. The minimum absolute atomic E-state index is 0.226. The van der Waals surface area contributed by atoms with Crippen molar-refractivity contribution >= 4 is 17.4 Å². The Bertz CT molecular complexity index is 920. The van der Waals surface area contributed by atoms with E-state index < -0.39 is 0 Å². The molecule has 1 aromatic heterocycles. The van der Waals surface area contributed by atoms with Gasteiger partial charge in [-0.05, 0) is 49.6 Å². The standard InChI is InChI=1S/C21H22N4O/c1-14-4-7-17(8-5-14)12-22-21(26)19-11-20(24-13-23-19)25-18-9-6-15(2)16(3)10-18/h4-11,13H,12H2,1-3H3,(H,22,26)(H,23,24,25). The molecule has 3 rings (SSSR count). The van der Waals surface area contributed by atoms with Crippen LogP contribution in [0.2, 0.25) is 0 Å². The number of amides is 1. The number of aromatic nitrogens is 2. The van der Waals surface area contributed by atoms with Crippen LogP contribution in [0.15, 0.2) is 54.9 Å². The lowest BCUT2D eigenvalue weighted by Crippen LogP contribution is -2.24. The van der Waals surface area contributed by atoms with Gasteiger partial charge in [0.05, 0.1) is 0 Å². The highest BCUT2D eigenvalue weighted by Gasteiger charge is 2.09. The van der Waals surface area contributed by atoms with Crippen molar-refractivity contribution in [3.8, 4) is 0 Å². The maximum Gasteiger partial charge on any atom is 0.270 e. The first-order chi connectivity index (χ1) is 12.5. The number of anilines is 2. The Morgan fingerprint density at radius 2 is 1.69 bits per heavy atom. The number of rotatable bonds is 5. The molecule has 0 aliphatic carbocycles. The third-order valence-corrected chi connectivity index (χ3v) is 4.25. The highest BCUT2D eigenvalue weighted by atomic mass is 16.1. The predicted molar refractivity (Wildman–Crippen MR) is 104 cm³/mol. The molecule has 0 spiro atoms. The van der Waals surface area contributed by atoms with Gasteiger partial charge in [-0.3, -0.25) is 4.79 Å². The van der Waals surface area contributed by atoms with Crippen LogP contribution >= 0.6 is 0 Å². The predicted octanol–water partition coefficient (Wildman–Crippen LogP) is 4.08. The fourth-order valence-corrected chi connectivity index (χ4v) is 2.50. The van der Waals surface area contributed by atoms with E-state index in [-0.39, 0.29) is 5.91 Å². The van der Waals surface area contributed by atoms with Gasteiger partial charge in [0.2, 0.25) is 0 Å². The van der Waals surface area contributed by atoms with Crippen molar-refractivity contribution in [2.45, 2.75) is 27.3 Å². The van der Waals surface area contributed by atoms with Crippen molar-refractivity contribution in [2.24, 2.45) is 0 Å². The molecule has 0 atom stereocenters. The second kappa shape index (κ2) is 7.78. The van der Waals surface area contributed by atoms with Gasteiger partial charge in [-0.25, -0.2) is 9.97 Å². The van der Waals surface area contributed by atoms with Crippen molar-refractivity contribution < 1.29 is 4.79 Å². The SMILES string of the molecule is Cc1ccc(CNC(=O)c2cc(Nc3ccc(C)c(C)c3)ncn2)cc1. The highest BCUT2D eigenvalue weighted by Crippen LogP contribution is 2.18. The lowest BCUT2D eigenvalue weighted by atomic mass is 10.1. The minimum atomic E-state index is -0.226. The van der Waals surface area contributed by atoms with E-state index in [0.29, 0.717) is 18.1 Å². The number of hydrogen-bond donors (Lipinski definition) is 2. The fraction of sp³-hybridized carbons (Fsp3) is 0.190. The zero-order chi connectivity index (χ0) is 18.5. The molecule has 0 fully saturated rings. The van der Waals surface area contributed by atoms with Crippen molar-refractivity contribution in [3.63, 3.8) is 0 Å². The van der Waals surface area contributed by atoms with Gasteiger partial charge >= 0.3 is 0 Å². The van der Waals surface area contributed by atoms with Crippen molar-refractivity contribution in [1.82, 2.24) is 15.3 Å². The quantitative estimate of drug-likeness (QED) is 0.731.